The molecule has 2 atom stereocenters. The number of hydrogen-bond acceptors (Lipinski definition) is 6. The average molecular weight is 480 g/mol. The van der Waals surface area contributed by atoms with E-state index in [1.807, 2.05) is 41.3 Å². The molecule has 1 aromatic heterocycles. The fraction of sp³-hybridized carbons (Fsp3) is 0.385. The molecule has 2 bridgehead atoms. The molecule has 34 heavy (non-hydrogen) atoms. The van der Waals surface area contributed by atoms with Gasteiger partial charge in [0.1, 0.15) is 11.5 Å². The minimum atomic E-state index is -0.303. The van der Waals surface area contributed by atoms with Crippen LogP contribution in [-0.4, -0.2) is 59.5 Å². The first kappa shape index (κ1) is 22.7. The number of nitrogens with zero attached hydrogens (tertiary/aromatic N) is 3. The van der Waals surface area contributed by atoms with Gasteiger partial charge in [0.25, 0.3) is 0 Å². The van der Waals surface area contributed by atoms with E-state index in [0.29, 0.717) is 11.0 Å². The Morgan fingerprint density at radius 1 is 0.971 bits per heavy atom. The van der Waals surface area contributed by atoms with Crippen molar-refractivity contribution in [2.24, 2.45) is 0 Å². The predicted octanol–water partition coefficient (Wildman–Crippen LogP) is 5.65. The van der Waals surface area contributed by atoms with E-state index in [4.69, 9.17) is 14.5 Å². The second-order valence-corrected chi connectivity index (χ2v) is 9.98. The number of aromatic nitrogens is 1. The van der Waals surface area contributed by atoms with Crippen LogP contribution < -0.4 is 9.47 Å². The standard InChI is InChI=1S/C26H29N3O4S/c1-28(31)26(30)29-19-8-9-20(29)15-18(14-19)25-27-23(16-4-10-21(32-2)11-5-16)24(34-25)17-6-12-22(33-3)13-7-17/h4-7,10-13,18-20,31H,8-9,14-15H2,1-3H3. The number of piperidine rings is 1. The number of urea groups is 1. The fourth-order valence-electron chi connectivity index (χ4n) is 5.25. The van der Waals surface area contributed by atoms with Crippen LogP contribution in [0.1, 0.15) is 36.6 Å². The molecule has 2 unspecified atom stereocenters. The van der Waals surface area contributed by atoms with Gasteiger partial charge in [0.05, 0.1) is 29.8 Å². The molecule has 3 heterocycles. The van der Waals surface area contributed by atoms with Gasteiger partial charge in [0, 0.05) is 30.6 Å². The van der Waals surface area contributed by atoms with E-state index in [1.54, 1.807) is 25.6 Å². The van der Waals surface area contributed by atoms with E-state index < -0.39 is 0 Å². The van der Waals surface area contributed by atoms with Crippen molar-refractivity contribution in [2.75, 3.05) is 21.3 Å². The zero-order chi connectivity index (χ0) is 23.8. The van der Waals surface area contributed by atoms with Crippen molar-refractivity contribution in [2.45, 2.75) is 43.7 Å². The third-order valence-electron chi connectivity index (χ3n) is 6.94. The van der Waals surface area contributed by atoms with Crippen molar-refractivity contribution in [3.05, 3.63) is 53.5 Å². The monoisotopic (exact) mass is 479 g/mol. The number of carbonyl (C=O) groups is 1. The van der Waals surface area contributed by atoms with Gasteiger partial charge in [-0.25, -0.2) is 14.8 Å². The molecule has 7 nitrogen and oxygen atoms in total. The Bertz CT molecular complexity index is 1080. The van der Waals surface area contributed by atoms with Crippen LogP contribution in [0.15, 0.2) is 48.5 Å². The Hall–Kier alpha value is -3.10. The van der Waals surface area contributed by atoms with Crippen LogP contribution in [0.4, 0.5) is 4.79 Å². The number of benzene rings is 2. The van der Waals surface area contributed by atoms with Crippen molar-refractivity contribution in [1.29, 1.82) is 0 Å². The van der Waals surface area contributed by atoms with Gasteiger partial charge in [0.15, 0.2) is 0 Å². The van der Waals surface area contributed by atoms with Crippen LogP contribution in [0.3, 0.4) is 0 Å². The summed E-state index contributed by atoms with van der Waals surface area (Å²) in [6.45, 7) is 0. The van der Waals surface area contributed by atoms with E-state index in [2.05, 4.69) is 12.1 Å². The van der Waals surface area contributed by atoms with E-state index in [0.717, 1.165) is 63.9 Å². The number of fused-ring (bicyclic) bond motifs is 2. The minimum Gasteiger partial charge on any atom is -0.497 e. The maximum absolute atomic E-state index is 12.5. The minimum absolute atomic E-state index is 0.142. The lowest BCUT2D eigenvalue weighted by atomic mass is 9.91. The Kier molecular flexibility index (Phi) is 6.18. The molecule has 0 radical (unpaired) electrons. The summed E-state index contributed by atoms with van der Waals surface area (Å²) in [5.74, 6) is 1.93. The highest BCUT2D eigenvalue weighted by Crippen LogP contribution is 2.47. The van der Waals surface area contributed by atoms with Crippen molar-refractivity contribution >= 4 is 17.4 Å². The molecule has 2 aliphatic heterocycles. The first-order chi connectivity index (χ1) is 16.5. The highest BCUT2D eigenvalue weighted by Gasteiger charge is 2.45. The van der Waals surface area contributed by atoms with Crippen LogP contribution in [0.25, 0.3) is 21.7 Å². The van der Waals surface area contributed by atoms with Gasteiger partial charge < -0.3 is 14.4 Å². The first-order valence-electron chi connectivity index (χ1n) is 11.5. The number of hydrogen-bond donors (Lipinski definition) is 1. The lowest BCUT2D eigenvalue weighted by molar-refractivity contribution is -0.0430. The fourth-order valence-corrected chi connectivity index (χ4v) is 6.47. The first-order valence-corrected chi connectivity index (χ1v) is 12.3. The van der Waals surface area contributed by atoms with Gasteiger partial charge in [-0.2, -0.15) is 0 Å². The molecule has 5 rings (SSSR count). The van der Waals surface area contributed by atoms with Crippen LogP contribution in [-0.2, 0) is 0 Å². The van der Waals surface area contributed by atoms with Gasteiger partial charge >= 0.3 is 6.03 Å². The number of methoxy groups -OCH3 is 2. The summed E-state index contributed by atoms with van der Waals surface area (Å²) in [6.07, 6.45) is 3.69. The molecule has 2 saturated heterocycles. The van der Waals surface area contributed by atoms with Crippen LogP contribution >= 0.6 is 11.3 Å². The van der Waals surface area contributed by atoms with Gasteiger partial charge in [0.2, 0.25) is 0 Å². The number of thiazole rings is 1. The summed E-state index contributed by atoms with van der Waals surface area (Å²) in [5.41, 5.74) is 3.12. The van der Waals surface area contributed by atoms with Crippen LogP contribution in [0.2, 0.25) is 0 Å². The molecule has 0 aliphatic carbocycles. The summed E-state index contributed by atoms with van der Waals surface area (Å²) in [6, 6.07) is 16.1. The SMILES string of the molecule is COc1ccc(-c2nc(C3CC4CCC(C3)N4C(=O)N(C)O)sc2-c2ccc(OC)cc2)cc1. The van der Waals surface area contributed by atoms with Gasteiger partial charge in [-0.3, -0.25) is 5.21 Å². The quantitative estimate of drug-likeness (QED) is 0.378. The number of carbonyl (C=O) groups excluding carboxylic acids is 1. The van der Waals surface area contributed by atoms with Crippen molar-refractivity contribution < 1.29 is 19.5 Å². The number of rotatable bonds is 5. The number of ether oxygens (including phenoxy) is 2. The Morgan fingerprint density at radius 2 is 1.50 bits per heavy atom. The Balaban J connectivity index is 1.50. The molecule has 1 N–H and O–H groups in total. The molecule has 2 fully saturated rings. The summed E-state index contributed by atoms with van der Waals surface area (Å²) in [5, 5.41) is 11.5. The molecule has 2 aliphatic rings. The van der Waals surface area contributed by atoms with Crippen LogP contribution in [0, 0.1) is 0 Å². The normalized spacial score (nSPS) is 21.4. The Labute approximate surface area is 203 Å². The van der Waals surface area contributed by atoms with E-state index >= 15 is 0 Å². The maximum Gasteiger partial charge on any atom is 0.343 e. The summed E-state index contributed by atoms with van der Waals surface area (Å²) < 4.78 is 10.7. The molecule has 178 valence electrons. The molecule has 2 amide bonds. The van der Waals surface area contributed by atoms with E-state index in [-0.39, 0.29) is 18.1 Å². The molecule has 8 heteroatoms. The highest BCUT2D eigenvalue weighted by atomic mass is 32.1. The molecule has 0 spiro atoms. The Morgan fingerprint density at radius 3 is 2.00 bits per heavy atom. The van der Waals surface area contributed by atoms with Crippen molar-refractivity contribution in [1.82, 2.24) is 14.9 Å². The van der Waals surface area contributed by atoms with E-state index in [1.165, 1.54) is 7.05 Å². The lowest BCUT2D eigenvalue weighted by Gasteiger charge is -2.39. The molecule has 2 aromatic carbocycles. The topological polar surface area (TPSA) is 75.1 Å². The number of hydroxylamine groups is 2. The molecule has 0 saturated carbocycles. The summed E-state index contributed by atoms with van der Waals surface area (Å²) >= 11 is 1.74. The summed E-state index contributed by atoms with van der Waals surface area (Å²) in [4.78, 5) is 20.7. The third kappa shape index (κ3) is 4.12. The van der Waals surface area contributed by atoms with Gasteiger partial charge in [-0.05, 0) is 79.8 Å². The third-order valence-corrected chi connectivity index (χ3v) is 8.21. The lowest BCUT2D eigenvalue weighted by Crippen LogP contribution is -2.50. The zero-order valence-corrected chi connectivity index (χ0v) is 20.4. The second kappa shape index (κ2) is 9.27. The molecular formula is C26H29N3O4S. The summed E-state index contributed by atoms with van der Waals surface area (Å²) in [7, 11) is 4.73. The molecule has 3 aromatic rings. The number of amides is 2. The second-order valence-electron chi connectivity index (χ2n) is 8.95. The van der Waals surface area contributed by atoms with Gasteiger partial charge in [-0.15, -0.1) is 11.3 Å². The largest absolute Gasteiger partial charge is 0.497 e. The zero-order valence-electron chi connectivity index (χ0n) is 19.6. The highest BCUT2D eigenvalue weighted by molar-refractivity contribution is 7.15. The predicted molar refractivity (Wildman–Crippen MR) is 132 cm³/mol. The van der Waals surface area contributed by atoms with Crippen molar-refractivity contribution in [3.63, 3.8) is 0 Å². The van der Waals surface area contributed by atoms with Crippen LogP contribution in [0.5, 0.6) is 11.5 Å². The average Bonchev–Trinajstić information content (AvgIpc) is 3.42. The van der Waals surface area contributed by atoms with E-state index in [9.17, 15) is 10.0 Å². The van der Waals surface area contributed by atoms with Crippen molar-refractivity contribution in [3.8, 4) is 33.2 Å². The smallest absolute Gasteiger partial charge is 0.343 e. The molecular weight excluding hydrogens is 450 g/mol. The van der Waals surface area contributed by atoms with Gasteiger partial charge in [-0.1, -0.05) is 0 Å². The maximum atomic E-state index is 12.5.